The summed E-state index contributed by atoms with van der Waals surface area (Å²) in [6.45, 7) is 14.0. The maximum atomic E-state index is 11.6. The highest BCUT2D eigenvalue weighted by atomic mass is 16.3. The van der Waals surface area contributed by atoms with E-state index in [2.05, 4.69) is 48.8 Å². The lowest BCUT2D eigenvalue weighted by Gasteiger charge is -2.22. The number of likely N-dealkylation sites (tertiary alicyclic amines) is 1. The van der Waals surface area contributed by atoms with Crippen molar-refractivity contribution in [3.63, 3.8) is 0 Å². The summed E-state index contributed by atoms with van der Waals surface area (Å²) < 4.78 is 0. The van der Waals surface area contributed by atoms with Crippen LogP contribution in [0.4, 0.5) is 0 Å². The molecule has 2 aromatic rings. The van der Waals surface area contributed by atoms with Crippen molar-refractivity contribution in [2.24, 2.45) is 17.1 Å². The van der Waals surface area contributed by atoms with Gasteiger partial charge >= 0.3 is 0 Å². The molecule has 1 aliphatic heterocycles. The van der Waals surface area contributed by atoms with E-state index in [4.69, 9.17) is 0 Å². The van der Waals surface area contributed by atoms with E-state index in [1.54, 1.807) is 11.1 Å². The fourth-order valence-electron chi connectivity index (χ4n) is 3.18. The summed E-state index contributed by atoms with van der Waals surface area (Å²) in [5, 5.41) is 14.2. The molecule has 0 radical (unpaired) electrons. The first-order chi connectivity index (χ1) is 15.2. The zero-order valence-electron chi connectivity index (χ0n) is 20.4. The zero-order valence-corrected chi connectivity index (χ0v) is 20.4. The molecule has 1 saturated heterocycles. The van der Waals surface area contributed by atoms with E-state index in [-0.39, 0.29) is 17.4 Å². The summed E-state index contributed by atoms with van der Waals surface area (Å²) >= 11 is 0. The van der Waals surface area contributed by atoms with Gasteiger partial charge in [-0.1, -0.05) is 46.8 Å². The molecule has 1 atom stereocenters. The fourth-order valence-corrected chi connectivity index (χ4v) is 3.18. The van der Waals surface area contributed by atoms with Crippen LogP contribution in [0.15, 0.2) is 30.5 Å². The van der Waals surface area contributed by atoms with E-state index in [1.165, 1.54) is 0 Å². The van der Waals surface area contributed by atoms with Gasteiger partial charge in [0, 0.05) is 43.3 Å². The van der Waals surface area contributed by atoms with Gasteiger partial charge in [0.2, 0.25) is 12.3 Å². The Bertz CT molecular complexity index is 821. The maximum Gasteiger partial charge on any atom is 0.223 e. The Labute approximate surface area is 192 Å². The van der Waals surface area contributed by atoms with E-state index in [1.807, 2.05) is 39.0 Å². The molecule has 1 fully saturated rings. The highest BCUT2D eigenvalue weighted by Gasteiger charge is 2.27. The van der Waals surface area contributed by atoms with Gasteiger partial charge in [0.1, 0.15) is 0 Å². The molecule has 0 bridgehead atoms. The lowest BCUT2D eigenvalue weighted by molar-refractivity contribution is -0.132. The minimum atomic E-state index is -0.302. The molecule has 1 aromatic heterocycles. The van der Waals surface area contributed by atoms with Crippen LogP contribution >= 0.6 is 0 Å². The number of aliphatic hydroxyl groups is 1. The number of benzene rings is 1. The minimum Gasteiger partial charge on any atom is -0.391 e. The second-order valence-electron chi connectivity index (χ2n) is 8.47. The van der Waals surface area contributed by atoms with E-state index in [9.17, 15) is 14.7 Å². The third kappa shape index (κ3) is 10.7. The number of amides is 2. The number of nitrogens with one attached hydrogen (secondary N) is 1. The van der Waals surface area contributed by atoms with E-state index in [0.29, 0.717) is 25.9 Å². The number of nitrogens with zero attached hydrogens (tertiary/aromatic N) is 2. The van der Waals surface area contributed by atoms with Crippen molar-refractivity contribution < 1.29 is 14.7 Å². The topological polar surface area (TPSA) is 135 Å². The molecule has 8 heteroatoms. The summed E-state index contributed by atoms with van der Waals surface area (Å²) in [6.07, 6.45) is 3.51. The van der Waals surface area contributed by atoms with Crippen LogP contribution in [-0.4, -0.2) is 46.5 Å². The number of hydrazine groups is 1. The molecular formula is C24H41N5O3. The van der Waals surface area contributed by atoms with Crippen LogP contribution in [0, 0.1) is 12.3 Å². The Morgan fingerprint density at radius 1 is 1.28 bits per heavy atom. The van der Waals surface area contributed by atoms with Crippen molar-refractivity contribution >= 4 is 23.1 Å². The first kappa shape index (κ1) is 29.5. The average molecular weight is 448 g/mol. The highest BCUT2D eigenvalue weighted by molar-refractivity contribution is 5.84. The number of β-amino-alcohol motifs (C(OH)–C–C–N with tert-alkyl or cyclic N) is 1. The number of rotatable bonds is 4. The van der Waals surface area contributed by atoms with Gasteiger partial charge in [-0.25, -0.2) is 0 Å². The first-order valence-electron chi connectivity index (χ1n) is 11.0. The monoisotopic (exact) mass is 447 g/mol. The van der Waals surface area contributed by atoms with Crippen LogP contribution in [-0.2, 0) is 16.1 Å². The van der Waals surface area contributed by atoms with Crippen LogP contribution in [0.25, 0.3) is 10.8 Å². The largest absolute Gasteiger partial charge is 0.391 e. The summed E-state index contributed by atoms with van der Waals surface area (Å²) in [7, 11) is 0. The lowest BCUT2D eigenvalue weighted by atomic mass is 9.92. The van der Waals surface area contributed by atoms with Crippen LogP contribution in [0.3, 0.4) is 0 Å². The quantitative estimate of drug-likeness (QED) is 0.323. The van der Waals surface area contributed by atoms with Crippen molar-refractivity contribution in [3.8, 4) is 0 Å². The number of hydrogen-bond acceptors (Lipinski definition) is 6. The molecule has 1 aliphatic rings. The SMILES string of the molecule is CC.CC(C)(C)CC(=O)N1CCC(O)C1.Cc1nccc2cc(CNC=O)ccc12.NN. The minimum absolute atomic E-state index is 0.0463. The molecule has 0 saturated carbocycles. The molecule has 8 nitrogen and oxygen atoms in total. The molecule has 1 unspecified atom stereocenters. The first-order valence-corrected chi connectivity index (χ1v) is 11.0. The molecule has 3 rings (SSSR count). The summed E-state index contributed by atoms with van der Waals surface area (Å²) in [5.41, 5.74) is 2.17. The standard InChI is InChI=1S/C12H12N2O.C10H19NO2.C2H6.H4N2/c1-9-12-3-2-10(7-13-8-15)6-11(12)4-5-14-9;1-10(2,3)6-9(13)11-5-4-8(12)7-11;2*1-2/h2-6,8H,7H2,1H3,(H,13,15);8,12H,4-7H2,1-3H3;1-2H3;1-2H2. The Balaban J connectivity index is 0.000000525. The summed E-state index contributed by atoms with van der Waals surface area (Å²) in [4.78, 5) is 27.8. The van der Waals surface area contributed by atoms with Gasteiger partial charge in [-0.3, -0.25) is 26.3 Å². The van der Waals surface area contributed by atoms with Crippen molar-refractivity contribution in [3.05, 3.63) is 41.7 Å². The number of aromatic nitrogens is 1. The van der Waals surface area contributed by atoms with Crippen molar-refractivity contribution in [2.75, 3.05) is 13.1 Å². The second kappa shape index (κ2) is 15.3. The lowest BCUT2D eigenvalue weighted by Crippen LogP contribution is -2.32. The van der Waals surface area contributed by atoms with Gasteiger partial charge in [-0.05, 0) is 41.8 Å². The number of pyridine rings is 1. The van der Waals surface area contributed by atoms with Crippen molar-refractivity contribution in [1.82, 2.24) is 15.2 Å². The molecule has 2 heterocycles. The van der Waals surface area contributed by atoms with Gasteiger partial charge in [0.05, 0.1) is 6.10 Å². The fraction of sp³-hybridized carbons (Fsp3) is 0.542. The molecule has 6 N–H and O–H groups in total. The second-order valence-corrected chi connectivity index (χ2v) is 8.47. The van der Waals surface area contributed by atoms with Crippen LogP contribution in [0.1, 0.15) is 58.7 Å². The normalized spacial score (nSPS) is 14.8. The average Bonchev–Trinajstić information content (AvgIpc) is 3.21. The van der Waals surface area contributed by atoms with E-state index in [0.717, 1.165) is 35.0 Å². The van der Waals surface area contributed by atoms with E-state index < -0.39 is 0 Å². The van der Waals surface area contributed by atoms with Gasteiger partial charge in [-0.15, -0.1) is 0 Å². The molecule has 0 spiro atoms. The maximum absolute atomic E-state index is 11.6. The molecule has 2 amide bonds. The Morgan fingerprint density at radius 3 is 2.47 bits per heavy atom. The highest BCUT2D eigenvalue weighted by Crippen LogP contribution is 2.21. The number of hydrogen-bond donors (Lipinski definition) is 4. The van der Waals surface area contributed by atoms with Crippen LogP contribution in [0.5, 0.6) is 0 Å². The predicted octanol–water partition coefficient (Wildman–Crippen LogP) is 2.65. The van der Waals surface area contributed by atoms with Crippen molar-refractivity contribution in [1.29, 1.82) is 0 Å². The number of aryl methyl sites for hydroxylation is 1. The number of aliphatic hydroxyl groups excluding tert-OH is 1. The van der Waals surface area contributed by atoms with Gasteiger partial charge < -0.3 is 15.3 Å². The zero-order chi connectivity index (χ0) is 24.7. The van der Waals surface area contributed by atoms with Gasteiger partial charge in [-0.2, -0.15) is 0 Å². The van der Waals surface area contributed by atoms with E-state index >= 15 is 0 Å². The molecule has 180 valence electrons. The number of nitrogens with two attached hydrogens (primary N) is 2. The molecule has 32 heavy (non-hydrogen) atoms. The Kier molecular flexibility index (Phi) is 14.1. The molecule has 0 aliphatic carbocycles. The van der Waals surface area contributed by atoms with Crippen molar-refractivity contribution in [2.45, 2.75) is 67.0 Å². The Hall–Kier alpha value is -2.55. The third-order valence-electron chi connectivity index (χ3n) is 4.62. The predicted molar refractivity (Wildman–Crippen MR) is 130 cm³/mol. The van der Waals surface area contributed by atoms with Gasteiger partial charge in [0.25, 0.3) is 0 Å². The third-order valence-corrected chi connectivity index (χ3v) is 4.62. The van der Waals surface area contributed by atoms with Crippen LogP contribution in [0.2, 0.25) is 0 Å². The molecular weight excluding hydrogens is 406 g/mol. The summed E-state index contributed by atoms with van der Waals surface area (Å²) in [5.74, 6) is 8.17. The number of carbonyl (C=O) groups excluding carboxylic acids is 2. The Morgan fingerprint density at radius 2 is 1.94 bits per heavy atom. The molecule has 1 aromatic carbocycles. The summed E-state index contributed by atoms with van der Waals surface area (Å²) in [6, 6.07) is 8.10. The number of carbonyl (C=O) groups is 2. The van der Waals surface area contributed by atoms with Crippen LogP contribution < -0.4 is 17.0 Å². The van der Waals surface area contributed by atoms with Gasteiger partial charge in [0.15, 0.2) is 0 Å². The smallest absolute Gasteiger partial charge is 0.223 e. The number of fused-ring (bicyclic) bond motifs is 1.